The molecule has 0 amide bonds. The van der Waals surface area contributed by atoms with E-state index in [0.29, 0.717) is 10.1 Å². The van der Waals surface area contributed by atoms with Crippen LogP contribution < -0.4 is 0 Å². The molecule has 3 aromatic rings. The molecule has 8 heteroatoms. The van der Waals surface area contributed by atoms with Crippen LogP contribution in [0.1, 0.15) is 22.7 Å². The third-order valence-electron chi connectivity index (χ3n) is 3.35. The van der Waals surface area contributed by atoms with Crippen molar-refractivity contribution in [3.8, 4) is 0 Å². The summed E-state index contributed by atoms with van der Waals surface area (Å²) in [6, 6.07) is 9.87. The van der Waals surface area contributed by atoms with E-state index in [4.69, 9.17) is 4.74 Å². The van der Waals surface area contributed by atoms with Crippen molar-refractivity contribution in [2.24, 2.45) is 0 Å². The van der Waals surface area contributed by atoms with Gasteiger partial charge in [-0.1, -0.05) is 12.1 Å². The molecule has 1 aromatic heterocycles. The zero-order valence-electron chi connectivity index (χ0n) is 12.0. The largest absolute Gasteiger partial charge is 0.454 e. The van der Waals surface area contributed by atoms with Gasteiger partial charge in [0.15, 0.2) is 5.82 Å². The van der Waals surface area contributed by atoms with Crippen LogP contribution in [0.4, 0.5) is 13.2 Å². The molecule has 0 fully saturated rings. The summed E-state index contributed by atoms with van der Waals surface area (Å²) < 4.78 is 45.6. The summed E-state index contributed by atoms with van der Waals surface area (Å²) in [5, 5.41) is 0. The normalized spacial score (nSPS) is 11.2. The van der Waals surface area contributed by atoms with Gasteiger partial charge in [-0.15, -0.1) is 0 Å². The van der Waals surface area contributed by atoms with Crippen molar-refractivity contribution in [2.75, 3.05) is 0 Å². The molecule has 1 heterocycles. The third-order valence-corrected chi connectivity index (χ3v) is 4.00. The van der Waals surface area contributed by atoms with E-state index in [2.05, 4.69) is 20.9 Å². The molecule has 0 aliphatic rings. The van der Waals surface area contributed by atoms with Gasteiger partial charge in [-0.2, -0.15) is 8.78 Å². The summed E-state index contributed by atoms with van der Waals surface area (Å²) in [5.41, 5.74) is 0.726. The second-order valence-corrected chi connectivity index (χ2v) is 5.72. The molecule has 0 aliphatic heterocycles. The van der Waals surface area contributed by atoms with Gasteiger partial charge in [-0.25, -0.2) is 14.2 Å². The fraction of sp³-hybridized carbons (Fsp3) is 0.125. The number of hydrogen-bond donors (Lipinski definition) is 0. The Morgan fingerprint density at radius 2 is 2.00 bits per heavy atom. The Morgan fingerprint density at radius 1 is 1.25 bits per heavy atom. The maximum absolute atomic E-state index is 13.3. The zero-order valence-corrected chi connectivity index (χ0v) is 13.6. The first-order chi connectivity index (χ1) is 11.5. The topological polar surface area (TPSA) is 44.1 Å². The standard InChI is InChI=1S/C16H10BrF3N2O2/c17-11-7-9(18)5-6-10(11)15(23)24-8-14-21-12-3-1-2-4-13(12)22(14)16(19)20/h1-7,16H,8H2. The van der Waals surface area contributed by atoms with Crippen molar-refractivity contribution < 1.29 is 22.7 Å². The molecular formula is C16H10BrF3N2O2. The lowest BCUT2D eigenvalue weighted by molar-refractivity contribution is 0.0386. The maximum atomic E-state index is 13.3. The number of benzene rings is 2. The Morgan fingerprint density at radius 3 is 2.71 bits per heavy atom. The first kappa shape index (κ1) is 16.5. The SMILES string of the molecule is O=C(OCc1nc2ccccc2n1C(F)F)c1ccc(F)cc1Br. The van der Waals surface area contributed by atoms with Gasteiger partial charge >= 0.3 is 12.5 Å². The number of alkyl halides is 2. The van der Waals surface area contributed by atoms with E-state index >= 15 is 0 Å². The van der Waals surface area contributed by atoms with Crippen molar-refractivity contribution in [1.29, 1.82) is 0 Å². The van der Waals surface area contributed by atoms with Crippen molar-refractivity contribution in [3.05, 3.63) is 64.1 Å². The van der Waals surface area contributed by atoms with Crippen LogP contribution in [0, 0.1) is 5.82 Å². The minimum absolute atomic E-state index is 0.0715. The minimum atomic E-state index is -2.82. The van der Waals surface area contributed by atoms with Gasteiger partial charge in [0, 0.05) is 4.47 Å². The number of carbonyl (C=O) groups excluding carboxylic acids is 1. The summed E-state index contributed by atoms with van der Waals surface area (Å²) >= 11 is 3.06. The summed E-state index contributed by atoms with van der Waals surface area (Å²) in [4.78, 5) is 16.1. The van der Waals surface area contributed by atoms with Gasteiger partial charge in [0.1, 0.15) is 12.4 Å². The van der Waals surface area contributed by atoms with Crippen LogP contribution in [0.15, 0.2) is 46.9 Å². The zero-order chi connectivity index (χ0) is 17.3. The molecule has 4 nitrogen and oxygen atoms in total. The number of ether oxygens (including phenoxy) is 1. The maximum Gasteiger partial charge on any atom is 0.339 e. The molecule has 0 saturated heterocycles. The highest BCUT2D eigenvalue weighted by atomic mass is 79.9. The van der Waals surface area contributed by atoms with Crippen molar-refractivity contribution >= 4 is 32.9 Å². The van der Waals surface area contributed by atoms with Gasteiger partial charge in [-0.3, -0.25) is 4.57 Å². The highest BCUT2D eigenvalue weighted by Gasteiger charge is 2.19. The average molecular weight is 399 g/mol. The summed E-state index contributed by atoms with van der Waals surface area (Å²) in [6.45, 7) is -3.24. The van der Waals surface area contributed by atoms with Gasteiger partial charge in [-0.05, 0) is 46.3 Å². The quantitative estimate of drug-likeness (QED) is 0.598. The summed E-state index contributed by atoms with van der Waals surface area (Å²) in [7, 11) is 0. The van der Waals surface area contributed by atoms with Crippen LogP contribution in [0.25, 0.3) is 11.0 Å². The van der Waals surface area contributed by atoms with Crippen molar-refractivity contribution in [1.82, 2.24) is 9.55 Å². The van der Waals surface area contributed by atoms with E-state index < -0.39 is 24.9 Å². The smallest absolute Gasteiger partial charge is 0.339 e. The number of aromatic nitrogens is 2. The highest BCUT2D eigenvalue weighted by Crippen LogP contribution is 2.24. The monoisotopic (exact) mass is 398 g/mol. The predicted octanol–water partition coefficient (Wildman–Crippen LogP) is 4.69. The third kappa shape index (κ3) is 3.14. The molecule has 124 valence electrons. The Labute approximate surface area is 143 Å². The van der Waals surface area contributed by atoms with E-state index in [1.807, 2.05) is 0 Å². The molecule has 0 aliphatic carbocycles. The molecule has 0 saturated carbocycles. The van der Waals surface area contributed by atoms with Gasteiger partial charge in [0.2, 0.25) is 0 Å². The molecule has 0 unspecified atom stereocenters. The molecular weight excluding hydrogens is 389 g/mol. The summed E-state index contributed by atoms with van der Waals surface area (Å²) in [6.07, 6.45) is 0. The van der Waals surface area contributed by atoms with Crippen LogP contribution in [-0.4, -0.2) is 15.5 Å². The molecule has 3 rings (SSSR count). The Bertz CT molecular complexity index is 911. The van der Waals surface area contributed by atoms with Crippen LogP contribution in [0.3, 0.4) is 0 Å². The van der Waals surface area contributed by atoms with Crippen molar-refractivity contribution in [3.63, 3.8) is 0 Å². The number of halogens is 4. The van der Waals surface area contributed by atoms with Crippen LogP contribution in [-0.2, 0) is 11.3 Å². The number of imidazole rings is 1. The summed E-state index contributed by atoms with van der Waals surface area (Å²) in [5.74, 6) is -1.36. The number of nitrogens with zero attached hydrogens (tertiary/aromatic N) is 2. The van der Waals surface area contributed by atoms with Gasteiger partial charge in [0.25, 0.3) is 0 Å². The molecule has 0 N–H and O–H groups in total. The Balaban J connectivity index is 1.85. The molecule has 2 aromatic carbocycles. The van der Waals surface area contributed by atoms with E-state index in [9.17, 15) is 18.0 Å². The number of rotatable bonds is 4. The lowest BCUT2D eigenvalue weighted by Gasteiger charge is -2.09. The lowest BCUT2D eigenvalue weighted by Crippen LogP contribution is -2.11. The van der Waals surface area contributed by atoms with E-state index in [1.54, 1.807) is 18.2 Å². The van der Waals surface area contributed by atoms with Crippen LogP contribution in [0.5, 0.6) is 0 Å². The van der Waals surface area contributed by atoms with E-state index in [1.165, 1.54) is 12.1 Å². The Hall–Kier alpha value is -2.35. The highest BCUT2D eigenvalue weighted by molar-refractivity contribution is 9.10. The minimum Gasteiger partial charge on any atom is -0.454 e. The first-order valence-corrected chi connectivity index (χ1v) is 7.63. The van der Waals surface area contributed by atoms with E-state index in [0.717, 1.165) is 12.1 Å². The Kier molecular flexibility index (Phi) is 4.57. The van der Waals surface area contributed by atoms with E-state index in [-0.39, 0.29) is 21.4 Å². The van der Waals surface area contributed by atoms with Crippen LogP contribution >= 0.6 is 15.9 Å². The van der Waals surface area contributed by atoms with Crippen LogP contribution in [0.2, 0.25) is 0 Å². The number of esters is 1. The second kappa shape index (κ2) is 6.64. The lowest BCUT2D eigenvalue weighted by atomic mass is 10.2. The van der Waals surface area contributed by atoms with Gasteiger partial charge in [0.05, 0.1) is 16.6 Å². The molecule has 0 spiro atoms. The molecule has 0 bridgehead atoms. The number of hydrogen-bond acceptors (Lipinski definition) is 3. The molecule has 0 radical (unpaired) electrons. The van der Waals surface area contributed by atoms with Crippen molar-refractivity contribution in [2.45, 2.75) is 13.2 Å². The number of para-hydroxylation sites is 2. The number of carbonyl (C=O) groups is 1. The first-order valence-electron chi connectivity index (χ1n) is 6.83. The fourth-order valence-electron chi connectivity index (χ4n) is 2.28. The fourth-order valence-corrected chi connectivity index (χ4v) is 2.79. The van der Waals surface area contributed by atoms with Gasteiger partial charge < -0.3 is 4.74 Å². The average Bonchev–Trinajstić information content (AvgIpc) is 2.91. The predicted molar refractivity (Wildman–Crippen MR) is 84.2 cm³/mol. The second-order valence-electron chi connectivity index (χ2n) is 4.86. The molecule has 24 heavy (non-hydrogen) atoms. The number of fused-ring (bicyclic) bond motifs is 1. The molecule has 0 atom stereocenters.